The Morgan fingerprint density at radius 3 is 1.43 bits per heavy atom. The van der Waals surface area contributed by atoms with Gasteiger partial charge in [0.25, 0.3) is 0 Å². The lowest BCUT2D eigenvalue weighted by Gasteiger charge is -2.37. The van der Waals surface area contributed by atoms with Gasteiger partial charge in [-0.05, 0) is 94.8 Å². The van der Waals surface area contributed by atoms with Crippen molar-refractivity contribution in [2.75, 3.05) is 0 Å². The topological polar surface area (TPSA) is 0 Å². The average molecular weight is 523 g/mol. The zero-order chi connectivity index (χ0) is 25.9. The van der Waals surface area contributed by atoms with E-state index in [-0.39, 0.29) is 0 Å². The van der Waals surface area contributed by atoms with E-state index >= 15 is 0 Å². The molecule has 190 valence electrons. The van der Waals surface area contributed by atoms with Crippen LogP contribution in [-0.2, 0) is 0 Å². The van der Waals surface area contributed by atoms with Crippen molar-refractivity contribution in [3.05, 3.63) is 119 Å². The highest BCUT2D eigenvalue weighted by Crippen LogP contribution is 2.56. The second kappa shape index (κ2) is 11.6. The summed E-state index contributed by atoms with van der Waals surface area (Å²) < 4.78 is 0. The van der Waals surface area contributed by atoms with Crippen molar-refractivity contribution < 1.29 is 0 Å². The first-order chi connectivity index (χ1) is 17.9. The molecule has 1 aliphatic rings. The van der Waals surface area contributed by atoms with Gasteiger partial charge in [-0.1, -0.05) is 133 Å². The summed E-state index contributed by atoms with van der Waals surface area (Å²) in [5.74, 6) is 0.722. The maximum Gasteiger partial charge on any atom is -0.00943 e. The molecule has 0 N–H and O–H groups in total. The monoisotopic (exact) mass is 522 g/mol. The van der Waals surface area contributed by atoms with Gasteiger partial charge in [-0.15, -0.1) is 0 Å². The number of aryl methyl sites for hydroxylation is 4. The Labute approximate surface area is 227 Å². The van der Waals surface area contributed by atoms with Gasteiger partial charge in [0.2, 0.25) is 0 Å². The van der Waals surface area contributed by atoms with E-state index in [9.17, 15) is 0 Å². The summed E-state index contributed by atoms with van der Waals surface area (Å²) in [6.07, 6.45) is 4.03. The summed E-state index contributed by atoms with van der Waals surface area (Å²) in [6, 6.07) is 37.4. The Hall–Kier alpha value is -2.26. The molecule has 4 aromatic carbocycles. The molecule has 1 aliphatic carbocycles. The second-order valence-corrected chi connectivity index (χ2v) is 16.0. The minimum absolute atomic E-state index is 0.401. The molecule has 0 aliphatic heterocycles. The predicted molar refractivity (Wildman–Crippen MR) is 168 cm³/mol. The summed E-state index contributed by atoms with van der Waals surface area (Å²) >= 11 is 0. The lowest BCUT2D eigenvalue weighted by atomic mass is 10.0. The molecule has 0 amide bonds. The minimum Gasteiger partial charge on any atom is -0.0622 e. The van der Waals surface area contributed by atoms with Crippen molar-refractivity contribution in [3.63, 3.8) is 0 Å². The molecule has 0 heterocycles. The first-order valence-electron chi connectivity index (χ1n) is 13.8. The Bertz CT molecular complexity index is 1200. The van der Waals surface area contributed by atoms with Crippen LogP contribution < -0.4 is 21.2 Å². The van der Waals surface area contributed by atoms with Crippen molar-refractivity contribution in [3.8, 4) is 0 Å². The predicted octanol–water partition coefficient (Wildman–Crippen LogP) is 8.04. The molecular weight excluding hydrogens is 482 g/mol. The van der Waals surface area contributed by atoms with Crippen LogP contribution in [-0.4, -0.2) is 11.3 Å². The van der Waals surface area contributed by atoms with E-state index in [1.807, 2.05) is 0 Å². The summed E-state index contributed by atoms with van der Waals surface area (Å²) in [5, 5.41) is 6.18. The quantitative estimate of drug-likeness (QED) is 0.216. The Balaban J connectivity index is 1.60. The molecular formula is C35H40P2. The fourth-order valence-electron chi connectivity index (χ4n) is 6.55. The molecule has 1 unspecified atom stereocenters. The van der Waals surface area contributed by atoms with Crippen LogP contribution in [0.1, 0.15) is 48.4 Å². The standard InChI is InChI=1S/C35H40P2/c1-25-19-26(2)22-32(21-25)36(33-23-27(3)20-28(4)24-33)29(5)34-17-12-18-35(34)37(30-13-8-6-9-14-30)31-15-10-7-11-16-31/h6-11,13-16,19-24,29,34-35H,12,17-18H2,1-5H3/t29?,34-,35-/m0/s1. The molecule has 0 nitrogen and oxygen atoms in total. The largest absolute Gasteiger partial charge is 0.0622 e. The third kappa shape index (κ3) is 5.93. The zero-order valence-electron chi connectivity index (χ0n) is 23.0. The maximum atomic E-state index is 2.59. The van der Waals surface area contributed by atoms with Crippen LogP contribution in [0.2, 0.25) is 0 Å². The van der Waals surface area contributed by atoms with Gasteiger partial charge in [0.1, 0.15) is 0 Å². The van der Waals surface area contributed by atoms with Crippen molar-refractivity contribution in [1.29, 1.82) is 0 Å². The van der Waals surface area contributed by atoms with E-state index in [2.05, 4.69) is 132 Å². The fourth-order valence-corrected chi connectivity index (χ4v) is 13.3. The van der Waals surface area contributed by atoms with Gasteiger partial charge in [0, 0.05) is 0 Å². The van der Waals surface area contributed by atoms with Gasteiger partial charge in [-0.2, -0.15) is 0 Å². The van der Waals surface area contributed by atoms with Gasteiger partial charge in [-0.3, -0.25) is 0 Å². The first kappa shape index (κ1) is 26.4. The number of rotatable bonds is 7. The van der Waals surface area contributed by atoms with Gasteiger partial charge in [0.05, 0.1) is 0 Å². The Morgan fingerprint density at radius 1 is 0.568 bits per heavy atom. The SMILES string of the molecule is Cc1cc(C)cc(P(c2cc(C)cc(C)c2)C(C)[C@@H]2CCC[C@@H]2P(c2ccccc2)c2ccccc2)c1. The molecule has 0 bridgehead atoms. The van der Waals surface area contributed by atoms with Gasteiger partial charge < -0.3 is 0 Å². The van der Waals surface area contributed by atoms with E-state index in [1.165, 1.54) is 52.1 Å². The third-order valence-electron chi connectivity index (χ3n) is 7.93. The highest BCUT2D eigenvalue weighted by Gasteiger charge is 2.41. The molecule has 5 rings (SSSR count). The van der Waals surface area contributed by atoms with E-state index < -0.39 is 15.8 Å². The van der Waals surface area contributed by atoms with Crippen molar-refractivity contribution in [1.82, 2.24) is 0 Å². The molecule has 0 spiro atoms. The molecule has 4 aromatic rings. The number of hydrogen-bond acceptors (Lipinski definition) is 0. The lowest BCUT2D eigenvalue weighted by molar-refractivity contribution is 0.548. The number of benzene rings is 4. The smallest absolute Gasteiger partial charge is 0.00943 e. The lowest BCUT2D eigenvalue weighted by Crippen LogP contribution is -2.33. The van der Waals surface area contributed by atoms with Crippen LogP contribution in [0.3, 0.4) is 0 Å². The van der Waals surface area contributed by atoms with E-state index in [0.29, 0.717) is 5.66 Å². The molecule has 0 radical (unpaired) electrons. The fraction of sp³-hybridized carbons (Fsp3) is 0.314. The van der Waals surface area contributed by atoms with E-state index in [4.69, 9.17) is 0 Å². The molecule has 1 saturated carbocycles. The minimum atomic E-state index is -0.467. The normalized spacial score (nSPS) is 18.5. The summed E-state index contributed by atoms with van der Waals surface area (Å²) in [5.41, 5.74) is 6.89. The maximum absolute atomic E-state index is 2.59. The highest BCUT2D eigenvalue weighted by atomic mass is 31.1. The Kier molecular flexibility index (Phi) is 8.29. The van der Waals surface area contributed by atoms with Crippen LogP contribution in [0.15, 0.2) is 97.1 Å². The molecule has 1 fully saturated rings. The molecule has 0 aromatic heterocycles. The van der Waals surface area contributed by atoms with Crippen LogP contribution in [0, 0.1) is 33.6 Å². The van der Waals surface area contributed by atoms with Gasteiger partial charge in [0.15, 0.2) is 0 Å². The second-order valence-electron chi connectivity index (χ2n) is 11.0. The van der Waals surface area contributed by atoms with Crippen LogP contribution >= 0.6 is 15.8 Å². The average Bonchev–Trinajstić information content (AvgIpc) is 3.34. The molecule has 0 saturated heterocycles. The van der Waals surface area contributed by atoms with Crippen LogP contribution in [0.5, 0.6) is 0 Å². The molecule has 37 heavy (non-hydrogen) atoms. The van der Waals surface area contributed by atoms with Gasteiger partial charge >= 0.3 is 0 Å². The molecule has 2 heteroatoms. The number of hydrogen-bond donors (Lipinski definition) is 0. The summed E-state index contributed by atoms with van der Waals surface area (Å²) in [7, 11) is -0.868. The van der Waals surface area contributed by atoms with Crippen LogP contribution in [0.25, 0.3) is 0 Å². The highest BCUT2D eigenvalue weighted by molar-refractivity contribution is 7.74. The summed E-state index contributed by atoms with van der Waals surface area (Å²) in [4.78, 5) is 0. The zero-order valence-corrected chi connectivity index (χ0v) is 24.8. The van der Waals surface area contributed by atoms with Crippen molar-refractivity contribution in [2.45, 2.75) is 65.2 Å². The van der Waals surface area contributed by atoms with Crippen LogP contribution in [0.4, 0.5) is 0 Å². The van der Waals surface area contributed by atoms with Crippen molar-refractivity contribution >= 4 is 37.1 Å². The van der Waals surface area contributed by atoms with Gasteiger partial charge in [-0.25, -0.2) is 0 Å². The van der Waals surface area contributed by atoms with E-state index in [0.717, 1.165) is 11.6 Å². The Morgan fingerprint density at radius 2 is 1.00 bits per heavy atom. The first-order valence-corrected chi connectivity index (χ1v) is 16.6. The van der Waals surface area contributed by atoms with E-state index in [1.54, 1.807) is 10.6 Å². The van der Waals surface area contributed by atoms with Crippen molar-refractivity contribution in [2.24, 2.45) is 5.92 Å². The molecule has 3 atom stereocenters. The summed E-state index contributed by atoms with van der Waals surface area (Å²) in [6.45, 7) is 11.6. The third-order valence-corrected chi connectivity index (χ3v) is 13.8.